The number of nitrogens with one attached hydrogen (secondary N) is 4. The number of amides is 2. The highest BCUT2D eigenvalue weighted by Crippen LogP contribution is 2.30. The summed E-state index contributed by atoms with van der Waals surface area (Å²) in [5.41, 5.74) is 2.32. The molecule has 0 radical (unpaired) electrons. The number of anilines is 2. The molecule has 0 aliphatic heterocycles. The number of carbonyl (C=O) groups is 4. The van der Waals surface area contributed by atoms with Crippen LogP contribution in [0, 0.1) is 0 Å². The van der Waals surface area contributed by atoms with Gasteiger partial charge < -0.3 is 21.3 Å². The first-order valence-electron chi connectivity index (χ1n) is 15.8. The van der Waals surface area contributed by atoms with Crippen LogP contribution in [0.5, 0.6) is 0 Å². The predicted molar refractivity (Wildman–Crippen MR) is 189 cm³/mol. The number of hydrogen-bond acceptors (Lipinski definition) is 7. The molecule has 53 heavy (non-hydrogen) atoms. The maximum absolute atomic E-state index is 13.1. The normalized spacial score (nSPS) is 12.9. The first-order chi connectivity index (χ1) is 25.2. The molecule has 0 heterocycles. The van der Waals surface area contributed by atoms with Crippen molar-refractivity contribution in [2.75, 3.05) is 10.6 Å². The summed E-state index contributed by atoms with van der Waals surface area (Å²) < 4.78 is 75.6. The van der Waals surface area contributed by atoms with Crippen LogP contribution in [0.15, 0.2) is 144 Å². The molecule has 0 saturated heterocycles. The van der Waals surface area contributed by atoms with E-state index < -0.39 is 47.8 Å². The molecule has 0 fully saturated rings. The van der Waals surface area contributed by atoms with Crippen molar-refractivity contribution in [2.45, 2.75) is 47.1 Å². The monoisotopic (exact) mass is 754 g/mol. The minimum Gasteiger partial charge on any atom is -0.379 e. The second kappa shape index (κ2) is 18.6. The van der Waals surface area contributed by atoms with Crippen molar-refractivity contribution >= 4 is 46.5 Å². The van der Waals surface area contributed by atoms with Gasteiger partial charge in [0.25, 0.3) is 11.6 Å². The molecular formula is C38H32F6N4O4S. The average Bonchev–Trinajstić information content (AvgIpc) is 3.12. The second-order valence-electron chi connectivity index (χ2n) is 11.3. The van der Waals surface area contributed by atoms with Crippen LogP contribution in [0.1, 0.15) is 11.1 Å². The molecule has 276 valence electrons. The first kappa shape index (κ1) is 39.9. The molecule has 0 aliphatic carbocycles. The standard InChI is InChI=1S/C38H32F6N4O4S/c39-37(40,41)33(49)19-21-45-31(23-25-7-3-1-4-8-25)35(51)47-27-11-15-29(16-12-27)53-30-17-13-28(14-18-30)48-36(52)32(24-26-9-5-2-6-10-26)46-22-20-34(50)38(42,43)44/h1-22,31-32,45-46H,23-24H2,(H,47,51)(H,48,52). The van der Waals surface area contributed by atoms with E-state index in [1.807, 2.05) is 0 Å². The Morgan fingerprint density at radius 1 is 0.528 bits per heavy atom. The SMILES string of the molecule is O=C(Nc1ccc(Sc2ccc(NC(=O)C(Cc3ccccc3)NC=CC(=O)C(F)(F)F)cc2)cc1)C(Cc1ccccc1)NC=CC(=O)C(F)(F)F. The van der Waals surface area contributed by atoms with E-state index in [9.17, 15) is 45.5 Å². The third kappa shape index (κ3) is 13.3. The Hall–Kier alpha value is -5.83. The maximum Gasteiger partial charge on any atom is 0.454 e. The van der Waals surface area contributed by atoms with Crippen molar-refractivity contribution < 1.29 is 45.5 Å². The minimum atomic E-state index is -5.04. The Bertz CT molecular complexity index is 1760. The van der Waals surface area contributed by atoms with Crippen LogP contribution in [-0.4, -0.2) is 47.8 Å². The zero-order valence-corrected chi connectivity index (χ0v) is 28.4. The average molecular weight is 755 g/mol. The van der Waals surface area contributed by atoms with Crippen molar-refractivity contribution in [3.8, 4) is 0 Å². The molecule has 0 saturated carbocycles. The largest absolute Gasteiger partial charge is 0.454 e. The Morgan fingerprint density at radius 2 is 0.868 bits per heavy atom. The highest BCUT2D eigenvalue weighted by Gasteiger charge is 2.37. The fraction of sp³-hybridized carbons (Fsp3) is 0.158. The third-order valence-electron chi connectivity index (χ3n) is 7.30. The lowest BCUT2D eigenvalue weighted by molar-refractivity contribution is -0.165. The van der Waals surface area contributed by atoms with Gasteiger partial charge in [0.05, 0.1) is 0 Å². The number of halogens is 6. The molecule has 0 spiro atoms. The van der Waals surface area contributed by atoms with E-state index >= 15 is 0 Å². The smallest absolute Gasteiger partial charge is 0.379 e. The van der Waals surface area contributed by atoms with Crippen molar-refractivity contribution in [2.24, 2.45) is 0 Å². The van der Waals surface area contributed by atoms with Crippen LogP contribution >= 0.6 is 11.8 Å². The van der Waals surface area contributed by atoms with Crippen molar-refractivity contribution in [3.05, 3.63) is 145 Å². The molecule has 0 bridgehead atoms. The summed E-state index contributed by atoms with van der Waals surface area (Å²) in [6.45, 7) is 0. The van der Waals surface area contributed by atoms with Crippen LogP contribution in [0.3, 0.4) is 0 Å². The van der Waals surface area contributed by atoms with Crippen molar-refractivity contribution in [1.29, 1.82) is 0 Å². The van der Waals surface area contributed by atoms with Crippen LogP contribution in [0.2, 0.25) is 0 Å². The summed E-state index contributed by atoms with van der Waals surface area (Å²) in [6.07, 6.45) is -7.54. The molecular weight excluding hydrogens is 722 g/mol. The van der Waals surface area contributed by atoms with Gasteiger partial charge in [-0.1, -0.05) is 72.4 Å². The van der Waals surface area contributed by atoms with Crippen LogP contribution in [0.4, 0.5) is 37.7 Å². The van der Waals surface area contributed by atoms with Gasteiger partial charge >= 0.3 is 12.4 Å². The highest BCUT2D eigenvalue weighted by atomic mass is 32.2. The molecule has 8 nitrogen and oxygen atoms in total. The number of benzene rings is 4. The number of ketones is 2. The van der Waals surface area contributed by atoms with Gasteiger partial charge in [0.2, 0.25) is 11.8 Å². The molecule has 4 aromatic rings. The number of carbonyl (C=O) groups excluding carboxylic acids is 4. The van der Waals surface area contributed by atoms with Crippen LogP contribution < -0.4 is 21.3 Å². The molecule has 2 atom stereocenters. The van der Waals surface area contributed by atoms with Gasteiger partial charge in [-0.05, 0) is 59.7 Å². The number of allylic oxidation sites excluding steroid dienone is 2. The first-order valence-corrected chi connectivity index (χ1v) is 16.6. The van der Waals surface area contributed by atoms with E-state index in [2.05, 4.69) is 21.3 Å². The molecule has 0 aromatic heterocycles. The summed E-state index contributed by atoms with van der Waals surface area (Å²) >= 11 is 1.37. The van der Waals surface area contributed by atoms with Gasteiger partial charge in [0.15, 0.2) is 0 Å². The summed E-state index contributed by atoms with van der Waals surface area (Å²) in [5.74, 6) is -5.20. The van der Waals surface area contributed by atoms with Gasteiger partial charge in [-0.25, -0.2) is 0 Å². The van der Waals surface area contributed by atoms with Crippen molar-refractivity contribution in [3.63, 3.8) is 0 Å². The maximum atomic E-state index is 13.1. The molecule has 4 rings (SSSR count). The lowest BCUT2D eigenvalue weighted by atomic mass is 10.1. The second-order valence-corrected chi connectivity index (χ2v) is 12.5. The summed E-state index contributed by atoms with van der Waals surface area (Å²) in [4.78, 5) is 50.3. The van der Waals surface area contributed by atoms with E-state index in [-0.39, 0.29) is 12.8 Å². The van der Waals surface area contributed by atoms with Gasteiger partial charge in [0.1, 0.15) is 12.1 Å². The van der Waals surface area contributed by atoms with E-state index in [0.29, 0.717) is 23.5 Å². The molecule has 4 aromatic carbocycles. The summed E-state index contributed by atoms with van der Waals surface area (Å²) in [7, 11) is 0. The van der Waals surface area contributed by atoms with Gasteiger partial charge in [0, 0.05) is 58.6 Å². The quantitative estimate of drug-likeness (QED) is 0.0696. The predicted octanol–water partition coefficient (Wildman–Crippen LogP) is 7.41. The van der Waals surface area contributed by atoms with E-state index in [1.165, 1.54) is 11.8 Å². The number of alkyl halides is 6. The zero-order valence-electron chi connectivity index (χ0n) is 27.6. The topological polar surface area (TPSA) is 116 Å². The minimum absolute atomic E-state index is 0.131. The fourth-order valence-corrected chi connectivity index (χ4v) is 5.45. The van der Waals surface area contributed by atoms with Gasteiger partial charge in [-0.2, -0.15) is 26.3 Å². The fourth-order valence-electron chi connectivity index (χ4n) is 4.63. The van der Waals surface area contributed by atoms with Gasteiger partial charge in [-0.3, -0.25) is 19.2 Å². The van der Waals surface area contributed by atoms with Gasteiger partial charge in [-0.15, -0.1) is 0 Å². The molecule has 2 amide bonds. The Balaban J connectivity index is 1.36. The van der Waals surface area contributed by atoms with E-state index in [4.69, 9.17) is 0 Å². The molecule has 4 N–H and O–H groups in total. The lowest BCUT2D eigenvalue weighted by Crippen LogP contribution is -2.39. The molecule has 2 unspecified atom stereocenters. The van der Waals surface area contributed by atoms with Crippen LogP contribution in [0.25, 0.3) is 0 Å². The molecule has 15 heteroatoms. The third-order valence-corrected chi connectivity index (χ3v) is 8.32. The van der Waals surface area contributed by atoms with E-state index in [1.54, 1.807) is 109 Å². The zero-order chi connectivity index (χ0) is 38.4. The summed E-state index contributed by atoms with van der Waals surface area (Å²) in [6, 6.07) is 29.2. The Labute approximate surface area is 304 Å². The Morgan fingerprint density at radius 3 is 1.19 bits per heavy atom. The summed E-state index contributed by atoms with van der Waals surface area (Å²) in [5, 5.41) is 10.6. The number of hydrogen-bond donors (Lipinski definition) is 4. The Kier molecular flexibility index (Phi) is 14.0. The highest BCUT2D eigenvalue weighted by molar-refractivity contribution is 7.99. The van der Waals surface area contributed by atoms with Crippen molar-refractivity contribution in [1.82, 2.24) is 10.6 Å². The van der Waals surface area contributed by atoms with E-state index in [0.717, 1.165) is 33.3 Å². The lowest BCUT2D eigenvalue weighted by Gasteiger charge is -2.18. The number of rotatable bonds is 16. The molecule has 0 aliphatic rings. The van der Waals surface area contributed by atoms with Crippen LogP contribution in [-0.2, 0) is 32.0 Å².